The van der Waals surface area contributed by atoms with Gasteiger partial charge >= 0.3 is 0 Å². The molecule has 0 saturated carbocycles. The molecule has 0 saturated heterocycles. The monoisotopic (exact) mass is 782 g/mol. The van der Waals surface area contributed by atoms with E-state index in [0.29, 0.717) is 11.8 Å². The first-order chi connectivity index (χ1) is 29.3. The third-order valence-electron chi connectivity index (χ3n) is 12.0. The molecule has 0 aromatic heterocycles. The first-order valence-electron chi connectivity index (χ1n) is 21.9. The van der Waals surface area contributed by atoms with Crippen LogP contribution in [0.4, 0.5) is 17.1 Å². The van der Waals surface area contributed by atoms with Crippen LogP contribution in [0.5, 0.6) is 0 Å². The lowest BCUT2D eigenvalue weighted by atomic mass is 9.83. The molecule has 2 aliphatic carbocycles. The molecule has 0 spiro atoms. The first-order valence-corrected chi connectivity index (χ1v) is 21.9. The average Bonchev–Trinajstić information content (AvgIpc) is 3.29. The van der Waals surface area contributed by atoms with Gasteiger partial charge in [-0.25, -0.2) is 0 Å². The largest absolute Gasteiger partial charge is 0.314 e. The van der Waals surface area contributed by atoms with Gasteiger partial charge in [-0.1, -0.05) is 167 Å². The summed E-state index contributed by atoms with van der Waals surface area (Å²) in [5.41, 5.74) is 17.6. The van der Waals surface area contributed by atoms with E-state index >= 15 is 0 Å². The van der Waals surface area contributed by atoms with Crippen molar-refractivity contribution >= 4 is 39.6 Å². The molecule has 6 aromatic rings. The molecular weight excluding hydrogens is 725 g/mol. The Morgan fingerprint density at radius 1 is 0.717 bits per heavy atom. The van der Waals surface area contributed by atoms with Crippen LogP contribution in [0.1, 0.15) is 99.6 Å². The predicted molar refractivity (Wildman–Crippen MR) is 261 cm³/mol. The summed E-state index contributed by atoms with van der Waals surface area (Å²) < 4.78 is 0. The number of anilines is 3. The normalized spacial score (nSPS) is 14.1. The summed E-state index contributed by atoms with van der Waals surface area (Å²) >= 11 is 0. The summed E-state index contributed by atoms with van der Waals surface area (Å²) in [4.78, 5) is 5.02. The first kappa shape index (κ1) is 40.4. The zero-order valence-corrected chi connectivity index (χ0v) is 36.2. The lowest BCUT2D eigenvalue weighted by molar-refractivity contribution is 0.865. The minimum absolute atomic E-state index is 0.458. The Hall–Kier alpha value is -6.38. The van der Waals surface area contributed by atoms with Crippen molar-refractivity contribution in [3.63, 3.8) is 0 Å². The van der Waals surface area contributed by atoms with Crippen LogP contribution in [0.3, 0.4) is 0 Å². The third-order valence-corrected chi connectivity index (χ3v) is 12.0. The zero-order valence-electron chi connectivity index (χ0n) is 36.2. The van der Waals surface area contributed by atoms with Crippen LogP contribution in [-0.4, -0.2) is 0 Å². The Morgan fingerprint density at radius 2 is 1.37 bits per heavy atom. The maximum atomic E-state index is 2.56. The molecule has 8 rings (SSSR count). The van der Waals surface area contributed by atoms with Gasteiger partial charge in [0.2, 0.25) is 0 Å². The molecule has 2 heteroatoms. The lowest BCUT2D eigenvalue weighted by Gasteiger charge is -2.34. The standard InChI is InChI=1S/C58H58N2/c1-7-8-19-43(6)59(49-33-29-45(30-34-49)41(2)3)57-40-55(47-22-14-10-15-23-47)53-38-37-51(52-26-18-27-54(57)58(52)53)56(39-28-44-20-12-9-13-21-44)60(48-24-16-11-17-25-48)50-35-31-46(32-36-50)42(4)5/h7-16,18-24,27,29-42H,17,25-26,28H2,1-6H3/b8-7-,43-19+,56-39+. The Kier molecular flexibility index (Phi) is 12.3. The summed E-state index contributed by atoms with van der Waals surface area (Å²) in [5.74, 6) is 0.921. The van der Waals surface area contributed by atoms with Gasteiger partial charge in [-0.3, -0.25) is 0 Å². The van der Waals surface area contributed by atoms with Crippen LogP contribution in [0.25, 0.3) is 33.7 Å². The van der Waals surface area contributed by atoms with Gasteiger partial charge < -0.3 is 9.80 Å². The van der Waals surface area contributed by atoms with Crippen molar-refractivity contribution in [2.45, 2.75) is 79.1 Å². The molecule has 300 valence electrons. The van der Waals surface area contributed by atoms with E-state index in [-0.39, 0.29) is 0 Å². The molecule has 2 nitrogen and oxygen atoms in total. The van der Waals surface area contributed by atoms with E-state index in [4.69, 9.17) is 0 Å². The van der Waals surface area contributed by atoms with Crippen LogP contribution in [-0.2, 0) is 12.8 Å². The second-order valence-corrected chi connectivity index (χ2v) is 16.7. The molecule has 0 atom stereocenters. The van der Waals surface area contributed by atoms with Gasteiger partial charge in [0.25, 0.3) is 0 Å². The highest BCUT2D eigenvalue weighted by Crippen LogP contribution is 2.47. The van der Waals surface area contributed by atoms with Gasteiger partial charge in [0, 0.05) is 39.6 Å². The molecule has 0 unspecified atom stereocenters. The second-order valence-electron chi connectivity index (χ2n) is 16.7. The molecule has 2 aliphatic rings. The van der Waals surface area contributed by atoms with E-state index in [1.807, 2.05) is 0 Å². The molecule has 0 aliphatic heterocycles. The second kappa shape index (κ2) is 18.3. The quantitative estimate of drug-likeness (QED) is 0.108. The smallest absolute Gasteiger partial charge is 0.0543 e. The minimum Gasteiger partial charge on any atom is -0.314 e. The van der Waals surface area contributed by atoms with Crippen molar-refractivity contribution < 1.29 is 0 Å². The summed E-state index contributed by atoms with van der Waals surface area (Å²) in [7, 11) is 0. The van der Waals surface area contributed by atoms with Crippen molar-refractivity contribution in [1.29, 1.82) is 0 Å². The molecular formula is C58H58N2. The fourth-order valence-electron chi connectivity index (χ4n) is 8.80. The highest BCUT2D eigenvalue weighted by atomic mass is 15.2. The third kappa shape index (κ3) is 8.38. The van der Waals surface area contributed by atoms with E-state index in [1.165, 1.54) is 78.0 Å². The van der Waals surface area contributed by atoms with Gasteiger partial charge in [0.05, 0.1) is 5.69 Å². The van der Waals surface area contributed by atoms with E-state index in [0.717, 1.165) is 37.1 Å². The topological polar surface area (TPSA) is 6.48 Å². The van der Waals surface area contributed by atoms with Crippen LogP contribution < -0.4 is 9.80 Å². The summed E-state index contributed by atoms with van der Waals surface area (Å²) in [5, 5.41) is 2.61. The van der Waals surface area contributed by atoms with E-state index < -0.39 is 0 Å². The van der Waals surface area contributed by atoms with Gasteiger partial charge in [-0.15, -0.1) is 0 Å². The Labute approximate surface area is 358 Å². The van der Waals surface area contributed by atoms with Crippen LogP contribution >= 0.6 is 0 Å². The molecule has 0 amide bonds. The van der Waals surface area contributed by atoms with Crippen molar-refractivity contribution in [1.82, 2.24) is 0 Å². The lowest BCUT2D eigenvalue weighted by Crippen LogP contribution is -2.23. The molecule has 0 radical (unpaired) electrons. The highest BCUT2D eigenvalue weighted by molar-refractivity contribution is 6.10. The number of hydrogen-bond acceptors (Lipinski definition) is 2. The number of hydrogen-bond donors (Lipinski definition) is 0. The average molecular weight is 783 g/mol. The Morgan fingerprint density at radius 3 is 1.98 bits per heavy atom. The molecule has 0 N–H and O–H groups in total. The highest BCUT2D eigenvalue weighted by Gasteiger charge is 2.27. The van der Waals surface area contributed by atoms with Crippen molar-refractivity contribution in [3.05, 3.63) is 221 Å². The van der Waals surface area contributed by atoms with Crippen molar-refractivity contribution in [2.24, 2.45) is 0 Å². The minimum atomic E-state index is 0.458. The van der Waals surface area contributed by atoms with Gasteiger partial charge in [0.15, 0.2) is 0 Å². The van der Waals surface area contributed by atoms with Crippen molar-refractivity contribution in [2.75, 3.05) is 9.80 Å². The Balaban J connectivity index is 1.43. The molecule has 0 fully saturated rings. The van der Waals surface area contributed by atoms with Crippen molar-refractivity contribution in [3.8, 4) is 11.1 Å². The number of allylic oxidation sites excluding steroid dienone is 10. The molecule has 6 aromatic carbocycles. The van der Waals surface area contributed by atoms with E-state index in [9.17, 15) is 0 Å². The SMILES string of the molecule is C/C=C\C=C(/C)N(c1ccc(C(C)C)cc1)c1cc(-c2ccccc2)c2ccc(/C(=C\Cc3ccccc3)N(C3=CC=CCC3)c3ccc(C(C)C)cc3)c3c2c1C=CC3. The van der Waals surface area contributed by atoms with Gasteiger partial charge in [-0.05, 0) is 138 Å². The molecule has 0 bridgehead atoms. The van der Waals surface area contributed by atoms with Crippen LogP contribution in [0.15, 0.2) is 187 Å². The number of benzene rings is 6. The summed E-state index contributed by atoms with van der Waals surface area (Å²) in [6.07, 6.45) is 24.2. The van der Waals surface area contributed by atoms with E-state index in [1.54, 1.807) is 0 Å². The van der Waals surface area contributed by atoms with Gasteiger partial charge in [-0.2, -0.15) is 0 Å². The van der Waals surface area contributed by atoms with E-state index in [2.05, 4.69) is 233 Å². The van der Waals surface area contributed by atoms with Gasteiger partial charge in [0.1, 0.15) is 0 Å². The molecule has 0 heterocycles. The fourth-order valence-corrected chi connectivity index (χ4v) is 8.80. The zero-order chi connectivity index (χ0) is 41.6. The van der Waals surface area contributed by atoms with Crippen LogP contribution in [0, 0.1) is 0 Å². The number of rotatable bonds is 13. The maximum Gasteiger partial charge on any atom is 0.0543 e. The Bertz CT molecular complexity index is 2630. The summed E-state index contributed by atoms with van der Waals surface area (Å²) in [6, 6.07) is 47.6. The fraction of sp³-hybridized carbons (Fsp3) is 0.207. The van der Waals surface area contributed by atoms with Crippen LogP contribution in [0.2, 0.25) is 0 Å². The molecule has 60 heavy (non-hydrogen) atoms. The summed E-state index contributed by atoms with van der Waals surface area (Å²) in [6.45, 7) is 13.4. The predicted octanol–water partition coefficient (Wildman–Crippen LogP) is 16.3. The number of nitrogens with zero attached hydrogens (tertiary/aromatic N) is 2. The maximum absolute atomic E-state index is 2.56.